The van der Waals surface area contributed by atoms with Crippen LogP contribution in [0.4, 0.5) is 0 Å². The molecule has 1 heterocycles. The summed E-state index contributed by atoms with van der Waals surface area (Å²) in [6, 6.07) is 7.82. The molecule has 118 valence electrons. The van der Waals surface area contributed by atoms with Gasteiger partial charge in [0.05, 0.1) is 6.54 Å². The SMILES string of the molecule is CC(C)CCC(C)NC(=O)c1ccc(Cn2cncn2)cc1. The monoisotopic (exact) mass is 300 g/mol. The van der Waals surface area contributed by atoms with Crippen molar-refractivity contribution < 1.29 is 4.79 Å². The molecule has 0 bridgehead atoms. The van der Waals surface area contributed by atoms with Crippen molar-refractivity contribution in [2.75, 3.05) is 0 Å². The lowest BCUT2D eigenvalue weighted by Crippen LogP contribution is -2.32. The first-order valence-corrected chi connectivity index (χ1v) is 7.77. The molecule has 5 nitrogen and oxygen atoms in total. The number of hydrogen-bond donors (Lipinski definition) is 1. The van der Waals surface area contributed by atoms with E-state index in [1.807, 2.05) is 24.3 Å². The van der Waals surface area contributed by atoms with Gasteiger partial charge in [-0.1, -0.05) is 26.0 Å². The zero-order chi connectivity index (χ0) is 15.9. The average molecular weight is 300 g/mol. The van der Waals surface area contributed by atoms with Gasteiger partial charge in [-0.25, -0.2) is 9.67 Å². The molecular weight excluding hydrogens is 276 g/mol. The molecule has 1 unspecified atom stereocenters. The number of rotatable bonds is 7. The number of benzene rings is 1. The predicted octanol–water partition coefficient (Wildman–Crippen LogP) is 2.88. The lowest BCUT2D eigenvalue weighted by atomic mass is 10.0. The molecule has 2 aromatic rings. The first kappa shape index (κ1) is 16.2. The highest BCUT2D eigenvalue weighted by Crippen LogP contribution is 2.09. The minimum atomic E-state index is -0.0106. The normalized spacial score (nSPS) is 12.4. The number of nitrogens with zero attached hydrogens (tertiary/aromatic N) is 3. The van der Waals surface area contributed by atoms with E-state index < -0.39 is 0 Å². The Bertz CT molecular complexity index is 575. The lowest BCUT2D eigenvalue weighted by Gasteiger charge is -2.15. The maximum Gasteiger partial charge on any atom is 0.251 e. The molecular formula is C17H24N4O. The Morgan fingerprint density at radius 1 is 1.18 bits per heavy atom. The van der Waals surface area contributed by atoms with Gasteiger partial charge in [-0.2, -0.15) is 5.10 Å². The summed E-state index contributed by atoms with van der Waals surface area (Å²) in [5, 5.41) is 7.12. The topological polar surface area (TPSA) is 59.8 Å². The fourth-order valence-corrected chi connectivity index (χ4v) is 2.23. The van der Waals surface area contributed by atoms with Crippen LogP contribution in [-0.2, 0) is 6.54 Å². The van der Waals surface area contributed by atoms with Crippen LogP contribution in [-0.4, -0.2) is 26.7 Å². The molecule has 1 aromatic heterocycles. The molecule has 0 aliphatic carbocycles. The van der Waals surface area contributed by atoms with Gasteiger partial charge < -0.3 is 5.32 Å². The first-order valence-electron chi connectivity index (χ1n) is 7.77. The van der Waals surface area contributed by atoms with Gasteiger partial charge in [-0.15, -0.1) is 0 Å². The molecule has 22 heavy (non-hydrogen) atoms. The first-order chi connectivity index (χ1) is 10.5. The van der Waals surface area contributed by atoms with Gasteiger partial charge >= 0.3 is 0 Å². The number of carbonyl (C=O) groups is 1. The molecule has 0 radical (unpaired) electrons. The molecule has 0 saturated carbocycles. The van der Waals surface area contributed by atoms with E-state index in [1.54, 1.807) is 11.0 Å². The van der Waals surface area contributed by atoms with Crippen LogP contribution >= 0.6 is 0 Å². The number of hydrogen-bond acceptors (Lipinski definition) is 3. The molecule has 1 aromatic carbocycles. The fraction of sp³-hybridized carbons (Fsp3) is 0.471. The summed E-state index contributed by atoms with van der Waals surface area (Å²) in [7, 11) is 0. The Balaban J connectivity index is 1.88. The van der Waals surface area contributed by atoms with Crippen molar-refractivity contribution in [2.45, 2.75) is 46.2 Å². The predicted molar refractivity (Wildman–Crippen MR) is 86.6 cm³/mol. The van der Waals surface area contributed by atoms with E-state index in [-0.39, 0.29) is 11.9 Å². The summed E-state index contributed by atoms with van der Waals surface area (Å²) >= 11 is 0. The van der Waals surface area contributed by atoms with Gasteiger partial charge in [0.25, 0.3) is 5.91 Å². The minimum Gasteiger partial charge on any atom is -0.350 e. The van der Waals surface area contributed by atoms with Gasteiger partial charge in [0.2, 0.25) is 0 Å². The quantitative estimate of drug-likeness (QED) is 0.855. The zero-order valence-electron chi connectivity index (χ0n) is 13.5. The Kier molecular flexibility index (Phi) is 5.69. The number of aromatic nitrogens is 3. The van der Waals surface area contributed by atoms with Crippen LogP contribution in [0.5, 0.6) is 0 Å². The molecule has 0 spiro atoms. The van der Waals surface area contributed by atoms with Crippen molar-refractivity contribution in [2.24, 2.45) is 5.92 Å². The van der Waals surface area contributed by atoms with E-state index in [1.165, 1.54) is 6.33 Å². The third kappa shape index (κ3) is 4.98. The average Bonchev–Trinajstić information content (AvgIpc) is 2.99. The van der Waals surface area contributed by atoms with E-state index in [4.69, 9.17) is 0 Å². The van der Waals surface area contributed by atoms with Crippen molar-refractivity contribution in [1.29, 1.82) is 0 Å². The number of nitrogens with one attached hydrogen (secondary N) is 1. The van der Waals surface area contributed by atoms with Gasteiger partial charge in [0.15, 0.2) is 0 Å². The van der Waals surface area contributed by atoms with Crippen molar-refractivity contribution in [1.82, 2.24) is 20.1 Å². The highest BCUT2D eigenvalue weighted by molar-refractivity contribution is 5.94. The lowest BCUT2D eigenvalue weighted by molar-refractivity contribution is 0.0937. The summed E-state index contributed by atoms with van der Waals surface area (Å²) in [4.78, 5) is 16.1. The summed E-state index contributed by atoms with van der Waals surface area (Å²) < 4.78 is 1.75. The highest BCUT2D eigenvalue weighted by atomic mass is 16.1. The number of amides is 1. The molecule has 1 N–H and O–H groups in total. The maximum atomic E-state index is 12.2. The van der Waals surface area contributed by atoms with Crippen LogP contribution in [0.15, 0.2) is 36.9 Å². The second kappa shape index (κ2) is 7.73. The Labute approximate surface area is 131 Å². The minimum absolute atomic E-state index is 0.0106. The van der Waals surface area contributed by atoms with E-state index in [9.17, 15) is 4.79 Å². The zero-order valence-corrected chi connectivity index (χ0v) is 13.5. The molecule has 0 saturated heterocycles. The third-order valence-corrected chi connectivity index (χ3v) is 3.58. The van der Waals surface area contributed by atoms with Crippen LogP contribution < -0.4 is 5.32 Å². The van der Waals surface area contributed by atoms with E-state index >= 15 is 0 Å². The van der Waals surface area contributed by atoms with Crippen LogP contribution in [0.3, 0.4) is 0 Å². The van der Waals surface area contributed by atoms with Gasteiger partial charge in [-0.05, 0) is 43.4 Å². The number of carbonyl (C=O) groups excluding carboxylic acids is 1. The molecule has 0 aliphatic rings. The Morgan fingerprint density at radius 3 is 2.50 bits per heavy atom. The van der Waals surface area contributed by atoms with Crippen LogP contribution in [0.25, 0.3) is 0 Å². The summed E-state index contributed by atoms with van der Waals surface area (Å²) in [5.74, 6) is 0.652. The van der Waals surface area contributed by atoms with Gasteiger partial charge in [-0.3, -0.25) is 4.79 Å². The molecule has 0 aliphatic heterocycles. The van der Waals surface area contributed by atoms with Crippen LogP contribution in [0, 0.1) is 5.92 Å². The molecule has 0 fully saturated rings. The van der Waals surface area contributed by atoms with Gasteiger partial charge in [0.1, 0.15) is 12.7 Å². The molecule has 1 amide bonds. The smallest absolute Gasteiger partial charge is 0.251 e. The van der Waals surface area contributed by atoms with Crippen molar-refractivity contribution in [3.05, 3.63) is 48.0 Å². The highest BCUT2D eigenvalue weighted by Gasteiger charge is 2.10. The Morgan fingerprint density at radius 2 is 1.91 bits per heavy atom. The van der Waals surface area contributed by atoms with Crippen molar-refractivity contribution in [3.63, 3.8) is 0 Å². The second-order valence-corrected chi connectivity index (χ2v) is 6.14. The fourth-order valence-electron chi connectivity index (χ4n) is 2.23. The van der Waals surface area contributed by atoms with E-state index in [2.05, 4.69) is 36.2 Å². The summed E-state index contributed by atoms with van der Waals surface area (Å²) in [6.07, 6.45) is 5.32. The largest absolute Gasteiger partial charge is 0.350 e. The Hall–Kier alpha value is -2.17. The second-order valence-electron chi connectivity index (χ2n) is 6.14. The molecule has 1 atom stereocenters. The van der Waals surface area contributed by atoms with E-state index in [0.717, 1.165) is 18.4 Å². The van der Waals surface area contributed by atoms with Crippen molar-refractivity contribution >= 4 is 5.91 Å². The summed E-state index contributed by atoms with van der Waals surface area (Å²) in [6.45, 7) is 7.11. The summed E-state index contributed by atoms with van der Waals surface area (Å²) in [5.41, 5.74) is 1.79. The molecule has 5 heteroatoms. The standard InChI is InChI=1S/C17H24N4O/c1-13(2)4-5-14(3)20-17(22)16-8-6-15(7-9-16)10-21-12-18-11-19-21/h6-9,11-14H,4-5,10H2,1-3H3,(H,20,22). The van der Waals surface area contributed by atoms with E-state index in [0.29, 0.717) is 18.0 Å². The van der Waals surface area contributed by atoms with Crippen molar-refractivity contribution in [3.8, 4) is 0 Å². The van der Waals surface area contributed by atoms with Gasteiger partial charge in [0, 0.05) is 11.6 Å². The molecule has 2 rings (SSSR count). The van der Waals surface area contributed by atoms with Crippen LogP contribution in [0.1, 0.15) is 49.5 Å². The maximum absolute atomic E-state index is 12.2. The van der Waals surface area contributed by atoms with Crippen LogP contribution in [0.2, 0.25) is 0 Å². The third-order valence-electron chi connectivity index (χ3n) is 3.58.